The fourth-order valence-corrected chi connectivity index (χ4v) is 2.93. The zero-order chi connectivity index (χ0) is 17.3. The van der Waals surface area contributed by atoms with Gasteiger partial charge in [-0.25, -0.2) is 0 Å². The normalized spacial score (nSPS) is 10.2. The third kappa shape index (κ3) is 5.36. The van der Waals surface area contributed by atoms with Gasteiger partial charge in [-0.05, 0) is 36.4 Å². The molecule has 0 unspecified atom stereocenters. The fourth-order valence-electron chi connectivity index (χ4n) is 2.19. The summed E-state index contributed by atoms with van der Waals surface area (Å²) in [6.45, 7) is 0. The zero-order valence-corrected chi connectivity index (χ0v) is 14.4. The Morgan fingerprint density at radius 3 is 2.52 bits per heavy atom. The van der Waals surface area contributed by atoms with Gasteiger partial charge in [-0.3, -0.25) is 9.78 Å². The molecule has 1 N–H and O–H groups in total. The van der Waals surface area contributed by atoms with Gasteiger partial charge >= 0.3 is 0 Å². The van der Waals surface area contributed by atoms with Gasteiger partial charge in [0.05, 0.1) is 17.1 Å². The topological polar surface area (TPSA) is 51.2 Å². The largest absolute Gasteiger partial charge is 0.455 e. The van der Waals surface area contributed by atoms with Crippen molar-refractivity contribution in [3.05, 3.63) is 84.7 Å². The van der Waals surface area contributed by atoms with Crippen molar-refractivity contribution in [3.63, 3.8) is 0 Å². The smallest absolute Gasteiger partial charge is 0.234 e. The number of amides is 1. The van der Waals surface area contributed by atoms with Crippen LogP contribution in [0.2, 0.25) is 0 Å². The summed E-state index contributed by atoms with van der Waals surface area (Å²) in [6.07, 6.45) is 1.76. The summed E-state index contributed by atoms with van der Waals surface area (Å²) in [5.41, 5.74) is 1.63. The molecule has 0 atom stereocenters. The van der Waals surface area contributed by atoms with Crippen LogP contribution in [0, 0.1) is 0 Å². The van der Waals surface area contributed by atoms with Gasteiger partial charge < -0.3 is 10.1 Å². The first kappa shape index (κ1) is 17.0. The molecule has 0 aliphatic heterocycles. The van der Waals surface area contributed by atoms with Crippen molar-refractivity contribution in [2.24, 2.45) is 0 Å². The molecule has 0 spiro atoms. The van der Waals surface area contributed by atoms with E-state index in [1.807, 2.05) is 72.8 Å². The molecule has 0 fully saturated rings. The predicted molar refractivity (Wildman–Crippen MR) is 102 cm³/mol. The highest BCUT2D eigenvalue weighted by Crippen LogP contribution is 2.29. The van der Waals surface area contributed by atoms with E-state index in [4.69, 9.17) is 4.74 Å². The van der Waals surface area contributed by atoms with Crippen molar-refractivity contribution in [2.45, 2.75) is 5.75 Å². The first-order chi connectivity index (χ1) is 12.3. The minimum absolute atomic E-state index is 0.0648. The first-order valence-corrected chi connectivity index (χ1v) is 9.06. The average Bonchev–Trinajstić information content (AvgIpc) is 2.65. The second-order valence-corrected chi connectivity index (χ2v) is 6.26. The van der Waals surface area contributed by atoms with Crippen LogP contribution in [0.25, 0.3) is 0 Å². The molecule has 3 aromatic rings. The van der Waals surface area contributed by atoms with Crippen LogP contribution in [0.3, 0.4) is 0 Å². The number of pyridine rings is 1. The lowest BCUT2D eigenvalue weighted by Gasteiger charge is -2.12. The summed E-state index contributed by atoms with van der Waals surface area (Å²) in [7, 11) is 0. The summed E-state index contributed by atoms with van der Waals surface area (Å²) >= 11 is 1.53. The van der Waals surface area contributed by atoms with Crippen LogP contribution >= 0.6 is 11.8 Å². The average molecular weight is 350 g/mol. The van der Waals surface area contributed by atoms with E-state index in [0.29, 0.717) is 22.9 Å². The van der Waals surface area contributed by atoms with Gasteiger partial charge in [0.15, 0.2) is 5.75 Å². The Morgan fingerprint density at radius 1 is 0.960 bits per heavy atom. The van der Waals surface area contributed by atoms with Gasteiger partial charge in [0.2, 0.25) is 5.91 Å². The van der Waals surface area contributed by atoms with Crippen LogP contribution in [0.15, 0.2) is 79.0 Å². The van der Waals surface area contributed by atoms with E-state index >= 15 is 0 Å². The lowest BCUT2D eigenvalue weighted by molar-refractivity contribution is -0.113. The highest BCUT2D eigenvalue weighted by atomic mass is 32.2. The summed E-state index contributed by atoms with van der Waals surface area (Å²) in [5.74, 6) is 2.35. The predicted octanol–water partition coefficient (Wildman–Crippen LogP) is 4.75. The highest BCUT2D eigenvalue weighted by Gasteiger charge is 2.08. The Balaban J connectivity index is 1.56. The molecule has 126 valence electrons. The number of para-hydroxylation sites is 3. The fraction of sp³-hybridized carbons (Fsp3) is 0.100. The molecule has 0 bridgehead atoms. The summed E-state index contributed by atoms with van der Waals surface area (Å²) in [4.78, 5) is 16.4. The monoisotopic (exact) mass is 350 g/mol. The number of rotatable bonds is 7. The summed E-state index contributed by atoms with van der Waals surface area (Å²) < 4.78 is 5.85. The van der Waals surface area contributed by atoms with E-state index in [0.717, 1.165) is 11.4 Å². The second-order valence-electron chi connectivity index (χ2n) is 5.27. The summed E-state index contributed by atoms with van der Waals surface area (Å²) in [5, 5.41) is 2.91. The standard InChI is InChI=1S/C20H18N2O2S/c23-20(15-25-14-16-8-6-7-13-21-16)22-18-11-4-5-12-19(18)24-17-9-2-1-3-10-17/h1-13H,14-15H2,(H,22,23). The van der Waals surface area contributed by atoms with Crippen LogP contribution in [-0.4, -0.2) is 16.6 Å². The third-order valence-electron chi connectivity index (χ3n) is 3.34. The number of carbonyl (C=O) groups excluding carboxylic acids is 1. The van der Waals surface area contributed by atoms with E-state index in [-0.39, 0.29) is 5.91 Å². The number of benzene rings is 2. The molecule has 0 radical (unpaired) electrons. The molecule has 0 aliphatic rings. The van der Waals surface area contributed by atoms with Gasteiger partial charge in [-0.2, -0.15) is 0 Å². The SMILES string of the molecule is O=C(CSCc1ccccn1)Nc1ccccc1Oc1ccccc1. The number of hydrogen-bond acceptors (Lipinski definition) is 4. The van der Waals surface area contributed by atoms with Crippen molar-refractivity contribution in [1.82, 2.24) is 4.98 Å². The number of aromatic nitrogens is 1. The van der Waals surface area contributed by atoms with Crippen LogP contribution in [-0.2, 0) is 10.5 Å². The Hall–Kier alpha value is -2.79. The van der Waals surface area contributed by atoms with Crippen LogP contribution < -0.4 is 10.1 Å². The number of hydrogen-bond donors (Lipinski definition) is 1. The lowest BCUT2D eigenvalue weighted by Crippen LogP contribution is -2.14. The number of nitrogens with one attached hydrogen (secondary N) is 1. The van der Waals surface area contributed by atoms with Crippen molar-refractivity contribution in [3.8, 4) is 11.5 Å². The van der Waals surface area contributed by atoms with Gasteiger partial charge in [0.25, 0.3) is 0 Å². The number of anilines is 1. The molecule has 3 rings (SSSR count). The minimum Gasteiger partial charge on any atom is -0.455 e. The number of carbonyl (C=O) groups is 1. The Bertz CT molecular complexity index is 810. The zero-order valence-electron chi connectivity index (χ0n) is 13.6. The van der Waals surface area contributed by atoms with Gasteiger partial charge in [0.1, 0.15) is 5.75 Å². The highest BCUT2D eigenvalue weighted by molar-refractivity contribution is 7.99. The van der Waals surface area contributed by atoms with E-state index in [2.05, 4.69) is 10.3 Å². The number of thioether (sulfide) groups is 1. The Labute approximate surface area is 151 Å². The van der Waals surface area contributed by atoms with Crippen molar-refractivity contribution in [2.75, 3.05) is 11.1 Å². The maximum Gasteiger partial charge on any atom is 0.234 e. The van der Waals surface area contributed by atoms with Crippen LogP contribution in [0.1, 0.15) is 5.69 Å². The number of ether oxygens (including phenoxy) is 1. The van der Waals surface area contributed by atoms with Crippen molar-refractivity contribution < 1.29 is 9.53 Å². The Kier molecular flexibility index (Phi) is 6.06. The van der Waals surface area contributed by atoms with E-state index in [1.165, 1.54) is 11.8 Å². The molecule has 4 nitrogen and oxygen atoms in total. The van der Waals surface area contributed by atoms with Gasteiger partial charge in [0, 0.05) is 11.9 Å². The number of nitrogens with zero attached hydrogens (tertiary/aromatic N) is 1. The quantitative estimate of drug-likeness (QED) is 0.668. The van der Waals surface area contributed by atoms with E-state index in [9.17, 15) is 4.79 Å². The maximum absolute atomic E-state index is 12.2. The summed E-state index contributed by atoms with van der Waals surface area (Å²) in [6, 6.07) is 22.7. The van der Waals surface area contributed by atoms with Crippen molar-refractivity contribution in [1.29, 1.82) is 0 Å². The molecule has 1 heterocycles. The molecular formula is C20H18N2O2S. The van der Waals surface area contributed by atoms with Gasteiger partial charge in [-0.1, -0.05) is 36.4 Å². The molecule has 0 saturated heterocycles. The third-order valence-corrected chi connectivity index (χ3v) is 4.31. The first-order valence-electron chi connectivity index (χ1n) is 7.91. The van der Waals surface area contributed by atoms with Gasteiger partial charge in [-0.15, -0.1) is 11.8 Å². The van der Waals surface area contributed by atoms with E-state index in [1.54, 1.807) is 6.20 Å². The molecule has 2 aromatic carbocycles. The molecule has 5 heteroatoms. The van der Waals surface area contributed by atoms with E-state index < -0.39 is 0 Å². The molecule has 0 aliphatic carbocycles. The molecule has 25 heavy (non-hydrogen) atoms. The lowest BCUT2D eigenvalue weighted by atomic mass is 10.3. The van der Waals surface area contributed by atoms with Crippen molar-refractivity contribution >= 4 is 23.4 Å². The van der Waals surface area contributed by atoms with Crippen LogP contribution in [0.4, 0.5) is 5.69 Å². The molecule has 1 amide bonds. The molecule has 0 saturated carbocycles. The molecule has 1 aromatic heterocycles. The maximum atomic E-state index is 12.2. The molecular weight excluding hydrogens is 332 g/mol. The van der Waals surface area contributed by atoms with Crippen LogP contribution in [0.5, 0.6) is 11.5 Å². The minimum atomic E-state index is -0.0648. The second kappa shape index (κ2) is 8.89. The Morgan fingerprint density at radius 2 is 1.72 bits per heavy atom.